The summed E-state index contributed by atoms with van der Waals surface area (Å²) >= 11 is 0. The number of rotatable bonds is 8. The van der Waals surface area contributed by atoms with E-state index in [1.54, 1.807) is 12.1 Å². The number of fused-ring (bicyclic) bond motifs is 4. The Balaban J connectivity index is 0.00000240. The Morgan fingerprint density at radius 3 is 0.906 bits per heavy atom. The van der Waals surface area contributed by atoms with Crippen LogP contribution in [0.4, 0.5) is 0 Å². The number of phenols is 4. The van der Waals surface area contributed by atoms with Gasteiger partial charge in [0.25, 0.3) is 0 Å². The Kier molecular flexibility index (Phi) is 11.1. The second kappa shape index (κ2) is 15.6. The van der Waals surface area contributed by atoms with Crippen molar-refractivity contribution in [3.63, 3.8) is 0 Å². The van der Waals surface area contributed by atoms with Gasteiger partial charge in [0.05, 0.1) is 13.2 Å². The van der Waals surface area contributed by atoms with E-state index in [1.165, 1.54) is 0 Å². The molecule has 9 heteroatoms. The fourth-order valence-corrected chi connectivity index (χ4v) is 7.30. The third-order valence-electron chi connectivity index (χ3n) is 9.73. The zero-order valence-electron chi connectivity index (χ0n) is 29.4. The van der Waals surface area contributed by atoms with Crippen molar-refractivity contribution in [2.24, 2.45) is 0 Å². The van der Waals surface area contributed by atoms with Gasteiger partial charge in [-0.25, -0.2) is 0 Å². The van der Waals surface area contributed by atoms with Crippen LogP contribution in [0.25, 0.3) is 65.3 Å². The van der Waals surface area contributed by atoms with E-state index in [0.717, 1.165) is 21.5 Å². The molecule has 0 fully saturated rings. The van der Waals surface area contributed by atoms with Gasteiger partial charge in [0.2, 0.25) is 0 Å². The molecule has 0 heterocycles. The number of hydrogen-bond donors (Lipinski definition) is 4. The van der Waals surface area contributed by atoms with E-state index in [1.807, 2.05) is 109 Å². The summed E-state index contributed by atoms with van der Waals surface area (Å²) in [7, 11) is 0. The normalized spacial score (nSPS) is 11.2. The van der Waals surface area contributed by atoms with Crippen molar-refractivity contribution in [3.05, 3.63) is 144 Å². The molecule has 0 aliphatic heterocycles. The van der Waals surface area contributed by atoms with E-state index in [0.29, 0.717) is 54.9 Å². The van der Waals surface area contributed by atoms with E-state index in [2.05, 4.69) is 0 Å². The quantitative estimate of drug-likeness (QED) is 0.180. The van der Waals surface area contributed by atoms with Gasteiger partial charge in [-0.1, -0.05) is 97.1 Å². The van der Waals surface area contributed by atoms with Gasteiger partial charge in [0.15, 0.2) is 0 Å². The maximum atomic E-state index is 12.1. The number of aromatic hydroxyl groups is 4. The molecule has 53 heavy (non-hydrogen) atoms. The van der Waals surface area contributed by atoms with Crippen LogP contribution in [0, 0.1) is 0 Å². The average molecular weight is 687 g/mol. The van der Waals surface area contributed by atoms with Gasteiger partial charge in [0, 0.05) is 33.4 Å². The summed E-state index contributed by atoms with van der Waals surface area (Å²) in [4.78, 5) is 0. The standard InChI is InChI=1S/C44H32O7.2Li/c45-21-29-17-25-9-1-5-13-33(25)37(41(29)47)39-35-15-7-3-11-27(35)19-31(43(39)49)23-51-24-32-20-28-12-4-8-16-36(28)40(44(32)50)38-34-14-6-2-10-26(34)18-30(22-46)42(38)48;;/h1-20,47-50H,21-24H2;;/q-2;2*+1. The average Bonchev–Trinajstić information content (AvgIpc) is 3.16. The molecule has 0 unspecified atom stereocenters. The van der Waals surface area contributed by atoms with Crippen molar-refractivity contribution in [1.29, 1.82) is 0 Å². The fourth-order valence-electron chi connectivity index (χ4n) is 7.30. The second-order valence-electron chi connectivity index (χ2n) is 12.7. The first-order valence-corrected chi connectivity index (χ1v) is 16.6. The number of ether oxygens (including phenoxy) is 1. The van der Waals surface area contributed by atoms with Crippen LogP contribution < -0.4 is 47.9 Å². The van der Waals surface area contributed by atoms with Crippen molar-refractivity contribution in [1.82, 2.24) is 0 Å². The van der Waals surface area contributed by atoms with Crippen molar-refractivity contribution < 1.29 is 73.1 Å². The molecule has 0 atom stereocenters. The molecule has 0 amide bonds. The first-order chi connectivity index (χ1) is 24.9. The van der Waals surface area contributed by atoms with Crippen molar-refractivity contribution in [2.45, 2.75) is 26.4 Å². The monoisotopic (exact) mass is 686 g/mol. The molecule has 8 rings (SSSR count). The predicted molar refractivity (Wildman–Crippen MR) is 196 cm³/mol. The maximum Gasteiger partial charge on any atom is 1.00 e. The topological polar surface area (TPSA) is 136 Å². The molecule has 0 aliphatic rings. The molecule has 7 nitrogen and oxygen atoms in total. The fraction of sp³-hybridized carbons (Fsp3) is 0.0909. The predicted octanol–water partition coefficient (Wildman–Crippen LogP) is 1.90. The van der Waals surface area contributed by atoms with Crippen LogP contribution in [0.2, 0.25) is 0 Å². The van der Waals surface area contributed by atoms with Crippen LogP contribution >= 0.6 is 0 Å². The molecule has 252 valence electrons. The van der Waals surface area contributed by atoms with E-state index in [-0.39, 0.29) is 85.1 Å². The van der Waals surface area contributed by atoms with E-state index < -0.39 is 13.2 Å². The van der Waals surface area contributed by atoms with Gasteiger partial charge in [-0.05, 0) is 78.5 Å². The maximum absolute atomic E-state index is 12.1. The summed E-state index contributed by atoms with van der Waals surface area (Å²) in [5.74, 6) is -0.529. The van der Waals surface area contributed by atoms with Crippen LogP contribution in [0.15, 0.2) is 121 Å². The Morgan fingerprint density at radius 1 is 0.377 bits per heavy atom. The van der Waals surface area contributed by atoms with Gasteiger partial charge in [-0.15, -0.1) is 13.2 Å². The number of benzene rings is 8. The number of phenolic OH excluding ortho intramolecular Hbond substituents is 4. The zero-order chi connectivity index (χ0) is 35.2. The zero-order valence-corrected chi connectivity index (χ0v) is 29.4. The van der Waals surface area contributed by atoms with Crippen LogP contribution in [-0.4, -0.2) is 20.4 Å². The minimum Gasteiger partial charge on any atom is -0.851 e. The van der Waals surface area contributed by atoms with Gasteiger partial charge in [-0.3, -0.25) is 0 Å². The van der Waals surface area contributed by atoms with Gasteiger partial charge < -0.3 is 35.4 Å². The first kappa shape index (κ1) is 37.8. The molecule has 0 saturated heterocycles. The van der Waals surface area contributed by atoms with Crippen molar-refractivity contribution >= 4 is 43.1 Å². The summed E-state index contributed by atoms with van der Waals surface area (Å²) in [6.45, 7) is -1.36. The Hall–Kier alpha value is -4.93. The van der Waals surface area contributed by atoms with Gasteiger partial charge >= 0.3 is 37.7 Å². The molecule has 0 bridgehead atoms. The molecule has 0 spiro atoms. The Morgan fingerprint density at radius 2 is 0.623 bits per heavy atom. The van der Waals surface area contributed by atoms with E-state index in [9.17, 15) is 30.6 Å². The summed E-state index contributed by atoms with van der Waals surface area (Å²) < 4.78 is 6.23. The van der Waals surface area contributed by atoms with E-state index >= 15 is 0 Å². The molecule has 4 N–H and O–H groups in total. The first-order valence-electron chi connectivity index (χ1n) is 16.6. The number of hydrogen-bond acceptors (Lipinski definition) is 7. The van der Waals surface area contributed by atoms with Gasteiger partial charge in [-0.2, -0.15) is 0 Å². The summed E-state index contributed by atoms with van der Waals surface area (Å²) in [6.07, 6.45) is 0. The minimum atomic E-state index is -0.628. The summed E-state index contributed by atoms with van der Waals surface area (Å²) in [6, 6.07) is 36.9. The van der Waals surface area contributed by atoms with Crippen LogP contribution in [0.5, 0.6) is 23.0 Å². The summed E-state index contributed by atoms with van der Waals surface area (Å²) in [5.41, 5.74) is 2.91. The largest absolute Gasteiger partial charge is 1.00 e. The SMILES string of the molecule is [Li+].[Li+].[O-]Cc1cc2ccccc2c(-c2c(O)c(COCc3cc4ccccc4c(-c4c(O)c(C[O-])cc5ccccc45)c3O)cc3ccccc23)c1O. The molecule has 8 aromatic rings. The smallest absolute Gasteiger partial charge is 0.851 e. The van der Waals surface area contributed by atoms with Crippen LogP contribution in [-0.2, 0) is 31.2 Å². The molecular weight excluding hydrogens is 654 g/mol. The minimum absolute atomic E-state index is 0. The molecule has 0 aliphatic carbocycles. The third-order valence-corrected chi connectivity index (χ3v) is 9.73. The van der Waals surface area contributed by atoms with Gasteiger partial charge in [0.1, 0.15) is 23.0 Å². The second-order valence-corrected chi connectivity index (χ2v) is 12.7. The Bertz CT molecular complexity index is 2470. The molecule has 0 radical (unpaired) electrons. The molecule has 0 aromatic heterocycles. The summed E-state index contributed by atoms with van der Waals surface area (Å²) in [5, 5.41) is 76.7. The van der Waals surface area contributed by atoms with Crippen LogP contribution in [0.1, 0.15) is 22.3 Å². The van der Waals surface area contributed by atoms with Crippen molar-refractivity contribution in [2.75, 3.05) is 0 Å². The van der Waals surface area contributed by atoms with Crippen LogP contribution in [0.3, 0.4) is 0 Å². The molecular formula is C44H32Li2O7. The van der Waals surface area contributed by atoms with E-state index in [4.69, 9.17) is 4.74 Å². The molecule has 0 saturated carbocycles. The third kappa shape index (κ3) is 6.52. The molecule has 8 aromatic carbocycles. The van der Waals surface area contributed by atoms with Crippen molar-refractivity contribution in [3.8, 4) is 45.3 Å². The Labute approximate surface area is 329 Å².